The molecule has 0 radical (unpaired) electrons. The second kappa shape index (κ2) is 16.3. The van der Waals surface area contributed by atoms with E-state index < -0.39 is 67.5 Å². The molecule has 0 bridgehead atoms. The molecule has 21 heteroatoms. The van der Waals surface area contributed by atoms with E-state index in [9.17, 15) is 45.1 Å². The molecule has 0 saturated carbocycles. The number of alkyl halides is 6. The molecule has 0 saturated heterocycles. The molecule has 4 rings (SSSR count). The van der Waals surface area contributed by atoms with Gasteiger partial charge in [-0.1, -0.05) is 0 Å². The third-order valence-corrected chi connectivity index (χ3v) is 6.17. The molecule has 0 aliphatic carbocycles. The number of H-pyrrole nitrogens is 1. The van der Waals surface area contributed by atoms with E-state index in [1.807, 2.05) is 0 Å². The molecule has 2 aromatic carbocycles. The Morgan fingerprint density at radius 2 is 1.85 bits per heavy atom. The molecule has 1 aromatic heterocycles. The van der Waals surface area contributed by atoms with Crippen molar-refractivity contribution in [2.24, 2.45) is 4.99 Å². The van der Waals surface area contributed by atoms with Crippen molar-refractivity contribution in [2.75, 3.05) is 32.1 Å². The summed E-state index contributed by atoms with van der Waals surface area (Å²) in [5.74, 6) is -6.01. The van der Waals surface area contributed by atoms with Gasteiger partial charge in [0.1, 0.15) is 17.7 Å². The number of aromatic amines is 1. The number of carbonyl (C=O) groups excluding carboxylic acids is 3. The first kappa shape index (κ1) is 36.8. The number of methoxy groups -OCH3 is 1. The Bertz CT molecular complexity index is 1670. The predicted molar refractivity (Wildman–Crippen MR) is 151 cm³/mol. The van der Waals surface area contributed by atoms with Gasteiger partial charge in [0.2, 0.25) is 5.91 Å². The Hall–Kier alpha value is -5.63. The normalized spacial score (nSPS) is 14.9. The Labute approximate surface area is 265 Å². The van der Waals surface area contributed by atoms with Crippen LogP contribution >= 0.6 is 0 Å². The fourth-order valence-electron chi connectivity index (χ4n) is 3.98. The number of nitrogens with one attached hydrogen (secondary N) is 5. The zero-order valence-electron chi connectivity index (χ0n) is 24.5. The highest BCUT2D eigenvalue weighted by atomic mass is 19.4. The summed E-state index contributed by atoms with van der Waals surface area (Å²) in [6.07, 6.45) is -5.20. The summed E-state index contributed by atoms with van der Waals surface area (Å²) in [5.41, 5.74) is 0.760. The van der Waals surface area contributed by atoms with Gasteiger partial charge in [0, 0.05) is 16.5 Å². The maximum atomic E-state index is 14.6. The molecule has 3 aromatic rings. The molecule has 0 fully saturated rings. The number of halogens is 7. The van der Waals surface area contributed by atoms with Crippen molar-refractivity contribution in [1.82, 2.24) is 26.1 Å². The number of esters is 1. The van der Waals surface area contributed by atoms with Crippen LogP contribution in [0.1, 0.15) is 28.4 Å². The fourth-order valence-corrected chi connectivity index (χ4v) is 3.98. The lowest BCUT2D eigenvalue weighted by Gasteiger charge is -2.20. The molecule has 1 unspecified atom stereocenters. The van der Waals surface area contributed by atoms with E-state index in [2.05, 4.69) is 45.9 Å². The van der Waals surface area contributed by atoms with Crippen molar-refractivity contribution in [3.8, 4) is 5.75 Å². The van der Waals surface area contributed by atoms with Gasteiger partial charge in [-0.05, 0) is 30.3 Å². The first-order chi connectivity index (χ1) is 22.6. The number of nitrogens with zero attached hydrogens (tertiary/aromatic N) is 2. The van der Waals surface area contributed by atoms with Crippen molar-refractivity contribution in [3.05, 3.63) is 53.5 Å². The van der Waals surface area contributed by atoms with Gasteiger partial charge in [-0.2, -0.15) is 27.1 Å². The van der Waals surface area contributed by atoms with Gasteiger partial charge >= 0.3 is 24.7 Å². The summed E-state index contributed by atoms with van der Waals surface area (Å²) in [6.45, 7) is -3.71. The number of guanidine groups is 1. The molecule has 2 atom stereocenters. The SMILES string of the molecule is COC(=O)C[C@H](NC(=O)CNC(=O)c1cc(NC2=NCC(F)CN2)c2cn[nH]c2c1)c1cc(OC(F)F)ccc1F.O=C(O)C(F)(F)F. The molecule has 6 N–H and O–H groups in total. The number of aliphatic carboxylic acids is 1. The minimum absolute atomic E-state index is 0.0242. The number of rotatable bonds is 10. The summed E-state index contributed by atoms with van der Waals surface area (Å²) in [5, 5.41) is 25.1. The molecule has 1 aliphatic rings. The number of carbonyl (C=O) groups is 4. The topological polar surface area (TPSA) is 196 Å². The van der Waals surface area contributed by atoms with Crippen LogP contribution in [0.3, 0.4) is 0 Å². The van der Waals surface area contributed by atoms with Gasteiger partial charge in [0.05, 0.1) is 56.6 Å². The Morgan fingerprint density at radius 1 is 1.15 bits per heavy atom. The van der Waals surface area contributed by atoms with E-state index in [0.717, 1.165) is 25.3 Å². The van der Waals surface area contributed by atoms with Crippen LogP contribution in [0.2, 0.25) is 0 Å². The van der Waals surface area contributed by atoms with Crippen molar-refractivity contribution in [2.45, 2.75) is 31.4 Å². The number of carboxylic acid groups (broad SMARTS) is 1. The number of fused-ring (bicyclic) bond motifs is 1. The monoisotopic (exact) mass is 693 g/mol. The van der Waals surface area contributed by atoms with E-state index in [1.165, 1.54) is 18.3 Å². The van der Waals surface area contributed by atoms with Crippen LogP contribution in [-0.4, -0.2) is 90.7 Å². The standard InChI is InChI=1S/C25H25F4N7O5.C2HF3O2/c1-40-22(38)7-19(15-6-14(41-24(28)29)2-3-17(15)27)34-21(37)11-30-23(39)12-4-18(16-10-33-36-20(16)5-12)35-25-31-8-13(26)9-32-25;3-2(4,5)1(6)7/h2-6,10,13,19,24H,7-9,11H2,1H3,(H,30,39)(H,33,36)(H,34,37)(H2,31,32,35);(H,6,7)/t19-;/m0./s1. The largest absolute Gasteiger partial charge is 0.490 e. The Morgan fingerprint density at radius 3 is 2.46 bits per heavy atom. The van der Waals surface area contributed by atoms with Crippen molar-refractivity contribution in [3.63, 3.8) is 0 Å². The maximum Gasteiger partial charge on any atom is 0.490 e. The van der Waals surface area contributed by atoms with Crippen LogP contribution in [0.25, 0.3) is 10.9 Å². The number of aliphatic imine (C=N–C) groups is 1. The average molecular weight is 694 g/mol. The second-order valence-corrected chi connectivity index (χ2v) is 9.60. The van der Waals surface area contributed by atoms with E-state index in [0.29, 0.717) is 22.5 Å². The summed E-state index contributed by atoms with van der Waals surface area (Å²) in [4.78, 5) is 50.5. The third kappa shape index (κ3) is 10.7. The van der Waals surface area contributed by atoms with Crippen LogP contribution in [-0.2, 0) is 19.1 Å². The smallest absolute Gasteiger partial charge is 0.475 e. The first-order valence-electron chi connectivity index (χ1n) is 13.4. The number of ether oxygens (including phenoxy) is 2. The highest BCUT2D eigenvalue weighted by molar-refractivity contribution is 6.07. The van der Waals surface area contributed by atoms with Crippen LogP contribution < -0.4 is 26.0 Å². The van der Waals surface area contributed by atoms with Gasteiger partial charge in [-0.25, -0.2) is 18.6 Å². The maximum absolute atomic E-state index is 14.6. The van der Waals surface area contributed by atoms with Crippen LogP contribution in [0.4, 0.5) is 36.4 Å². The third-order valence-electron chi connectivity index (χ3n) is 6.17. The van der Waals surface area contributed by atoms with Crippen LogP contribution in [0.15, 0.2) is 41.5 Å². The van der Waals surface area contributed by atoms with Gasteiger partial charge in [-0.15, -0.1) is 0 Å². The molecule has 2 amide bonds. The number of hydrogen-bond acceptors (Lipinski definition) is 10. The zero-order chi connectivity index (χ0) is 35.6. The van der Waals surface area contributed by atoms with Crippen molar-refractivity contribution in [1.29, 1.82) is 0 Å². The number of aromatic nitrogens is 2. The minimum atomic E-state index is -5.08. The highest BCUT2D eigenvalue weighted by Gasteiger charge is 2.38. The Kier molecular flexibility index (Phi) is 12.5. The van der Waals surface area contributed by atoms with Crippen LogP contribution in [0, 0.1) is 5.82 Å². The first-order valence-corrected chi connectivity index (χ1v) is 13.4. The number of anilines is 1. The molecule has 0 spiro atoms. The van der Waals surface area contributed by atoms with Crippen LogP contribution in [0.5, 0.6) is 5.75 Å². The van der Waals surface area contributed by atoms with Gasteiger partial charge in [0.15, 0.2) is 5.96 Å². The zero-order valence-corrected chi connectivity index (χ0v) is 24.5. The lowest BCUT2D eigenvalue weighted by molar-refractivity contribution is -0.192. The molecular weight excluding hydrogens is 667 g/mol. The molecular formula is C27H26F7N7O7. The number of amides is 2. The summed E-state index contributed by atoms with van der Waals surface area (Å²) in [7, 11) is 1.09. The number of benzene rings is 2. The summed E-state index contributed by atoms with van der Waals surface area (Å²) >= 11 is 0. The molecule has 260 valence electrons. The van der Waals surface area contributed by atoms with Crippen molar-refractivity contribution >= 4 is 46.3 Å². The average Bonchev–Trinajstić information content (AvgIpc) is 3.50. The van der Waals surface area contributed by atoms with E-state index in [-0.39, 0.29) is 30.0 Å². The highest BCUT2D eigenvalue weighted by Crippen LogP contribution is 2.27. The second-order valence-electron chi connectivity index (χ2n) is 9.60. The lowest BCUT2D eigenvalue weighted by atomic mass is 10.0. The van der Waals surface area contributed by atoms with Crippen molar-refractivity contribution < 1.29 is 64.5 Å². The molecule has 48 heavy (non-hydrogen) atoms. The van der Waals surface area contributed by atoms with Gasteiger partial charge < -0.3 is 35.8 Å². The number of carboxylic acids is 1. The summed E-state index contributed by atoms with van der Waals surface area (Å²) in [6, 6.07) is 4.42. The quantitative estimate of drug-likeness (QED) is 0.136. The van der Waals surface area contributed by atoms with Gasteiger partial charge in [0.25, 0.3) is 5.91 Å². The van der Waals surface area contributed by atoms with Gasteiger partial charge in [-0.3, -0.25) is 19.5 Å². The fraction of sp³-hybridized carbons (Fsp3) is 0.333. The summed E-state index contributed by atoms with van der Waals surface area (Å²) < 4.78 is 93.8. The van der Waals surface area contributed by atoms with E-state index >= 15 is 0 Å². The molecule has 14 nitrogen and oxygen atoms in total. The minimum Gasteiger partial charge on any atom is -0.475 e. The Balaban J connectivity index is 0.000000804. The predicted octanol–water partition coefficient (Wildman–Crippen LogP) is 2.80. The van der Waals surface area contributed by atoms with E-state index in [4.69, 9.17) is 9.90 Å². The number of hydrogen-bond donors (Lipinski definition) is 6. The molecule has 1 aliphatic heterocycles. The molecule has 2 heterocycles. The lowest BCUT2D eigenvalue weighted by Crippen LogP contribution is -2.41. The van der Waals surface area contributed by atoms with E-state index in [1.54, 1.807) is 0 Å².